The van der Waals surface area contributed by atoms with Crippen LogP contribution in [0.5, 0.6) is 0 Å². The third kappa shape index (κ3) is 5.81. The van der Waals surface area contributed by atoms with Crippen molar-refractivity contribution in [2.45, 2.75) is 53.5 Å². The molecule has 0 atom stereocenters. The minimum atomic E-state index is -5.14. The number of furan rings is 1. The molecule has 184 valence electrons. The normalized spacial score (nSPS) is 11.5. The van der Waals surface area contributed by atoms with Crippen molar-refractivity contribution in [1.29, 1.82) is 0 Å². The second-order valence-corrected chi connectivity index (χ2v) is 6.81. The zero-order chi connectivity index (χ0) is 25.7. The third-order valence-electron chi connectivity index (χ3n) is 4.66. The van der Waals surface area contributed by atoms with Gasteiger partial charge in [0.2, 0.25) is 0 Å². The van der Waals surface area contributed by atoms with E-state index in [1.54, 1.807) is 43.3 Å². The summed E-state index contributed by atoms with van der Waals surface area (Å²) in [6.07, 6.45) is -10.2. The van der Waals surface area contributed by atoms with Crippen LogP contribution < -0.4 is 0 Å². The number of aromatic nitrogens is 2. The maximum absolute atomic E-state index is 13.2. The van der Waals surface area contributed by atoms with E-state index in [0.717, 1.165) is 11.5 Å². The number of aryl methyl sites for hydroxylation is 1. The Balaban J connectivity index is 0.000000970. The van der Waals surface area contributed by atoms with E-state index in [2.05, 4.69) is 5.10 Å². The molecule has 0 bridgehead atoms. The van der Waals surface area contributed by atoms with Gasteiger partial charge in [0, 0.05) is 5.39 Å². The number of fused-ring (bicyclic) bond motifs is 1. The van der Waals surface area contributed by atoms with Gasteiger partial charge in [0.15, 0.2) is 5.76 Å². The van der Waals surface area contributed by atoms with E-state index in [1.165, 1.54) is 4.68 Å². The van der Waals surface area contributed by atoms with E-state index in [-0.39, 0.29) is 12.1 Å². The lowest BCUT2D eigenvalue weighted by molar-refractivity contribution is -0.162. The van der Waals surface area contributed by atoms with Crippen LogP contribution in [0.25, 0.3) is 22.4 Å². The number of rotatable bonds is 3. The lowest BCUT2D eigenvalue weighted by atomic mass is 10.0. The zero-order valence-corrected chi connectivity index (χ0v) is 19.5. The Kier molecular flexibility index (Phi) is 8.58. The van der Waals surface area contributed by atoms with Crippen LogP contribution in [0.1, 0.15) is 50.1 Å². The molecule has 0 amide bonds. The lowest BCUT2D eigenvalue weighted by Crippen LogP contribution is -2.17. The average Bonchev–Trinajstić information content (AvgIpc) is 3.39. The maximum Gasteiger partial charge on any atom is 0.417 e. The maximum atomic E-state index is 13.2. The number of benzene rings is 2. The van der Waals surface area contributed by atoms with Gasteiger partial charge in [-0.05, 0) is 42.8 Å². The molecule has 4 aromatic rings. The van der Waals surface area contributed by atoms with Crippen LogP contribution in [0.3, 0.4) is 0 Å². The quantitative estimate of drug-likeness (QED) is 0.272. The van der Waals surface area contributed by atoms with Crippen molar-refractivity contribution in [3.63, 3.8) is 0 Å². The highest BCUT2D eigenvalue weighted by molar-refractivity contribution is 5.92. The summed E-state index contributed by atoms with van der Waals surface area (Å²) >= 11 is 0. The van der Waals surface area contributed by atoms with Crippen LogP contribution in [0.2, 0.25) is 0 Å². The van der Waals surface area contributed by atoms with E-state index >= 15 is 0 Å². The highest BCUT2D eigenvalue weighted by atomic mass is 19.4. The minimum absolute atomic E-state index is 0.0470. The summed E-state index contributed by atoms with van der Waals surface area (Å²) in [4.78, 5) is 0. The predicted octanol–water partition coefficient (Wildman–Crippen LogP) is 8.74. The first kappa shape index (κ1) is 27.0. The highest BCUT2D eigenvalue weighted by Gasteiger charge is 2.43. The van der Waals surface area contributed by atoms with Crippen LogP contribution in [0.15, 0.2) is 59.0 Å². The van der Waals surface area contributed by atoms with E-state index in [0.29, 0.717) is 34.9 Å². The van der Waals surface area contributed by atoms with Crippen molar-refractivity contribution in [3.8, 4) is 11.5 Å². The Hall–Kier alpha value is -3.23. The van der Waals surface area contributed by atoms with Crippen molar-refractivity contribution >= 4 is 10.9 Å². The van der Waals surface area contributed by atoms with Crippen molar-refractivity contribution in [2.24, 2.45) is 0 Å². The molecule has 0 aliphatic rings. The monoisotopic (exact) mass is 484 g/mol. The number of para-hydroxylation sites is 1. The van der Waals surface area contributed by atoms with E-state index in [1.807, 2.05) is 27.7 Å². The largest absolute Gasteiger partial charge is 0.460 e. The molecule has 0 unspecified atom stereocenters. The molecule has 0 aliphatic heterocycles. The molecule has 0 saturated carbocycles. The average molecular weight is 484 g/mol. The molecule has 3 nitrogen and oxygen atoms in total. The van der Waals surface area contributed by atoms with Gasteiger partial charge in [0.1, 0.15) is 11.5 Å². The molecule has 0 fully saturated rings. The van der Waals surface area contributed by atoms with Crippen LogP contribution in [-0.4, -0.2) is 9.78 Å². The molecule has 4 rings (SSSR count). The molecule has 2 aromatic heterocycles. The molecular weight excluding hydrogens is 458 g/mol. The Morgan fingerprint density at radius 3 is 1.97 bits per heavy atom. The van der Waals surface area contributed by atoms with Crippen LogP contribution in [0, 0.1) is 6.92 Å². The van der Waals surface area contributed by atoms with Crippen molar-refractivity contribution in [3.05, 3.63) is 77.0 Å². The van der Waals surface area contributed by atoms with Gasteiger partial charge < -0.3 is 4.42 Å². The molecular formula is C25H26F6N2O. The molecule has 34 heavy (non-hydrogen) atoms. The summed E-state index contributed by atoms with van der Waals surface area (Å²) in [5.41, 5.74) is -2.26. The Morgan fingerprint density at radius 2 is 1.41 bits per heavy atom. The highest BCUT2D eigenvalue weighted by Crippen LogP contribution is 2.41. The number of hydrogen-bond donors (Lipinski definition) is 0. The van der Waals surface area contributed by atoms with Crippen molar-refractivity contribution in [2.75, 3.05) is 0 Å². The molecule has 0 saturated heterocycles. The number of halogens is 6. The van der Waals surface area contributed by atoms with E-state index < -0.39 is 23.5 Å². The van der Waals surface area contributed by atoms with Gasteiger partial charge in [-0.3, -0.25) is 4.68 Å². The summed E-state index contributed by atoms with van der Waals surface area (Å²) in [7, 11) is 0. The second kappa shape index (κ2) is 10.8. The predicted molar refractivity (Wildman–Crippen MR) is 120 cm³/mol. The third-order valence-corrected chi connectivity index (χ3v) is 4.66. The van der Waals surface area contributed by atoms with Crippen LogP contribution in [-0.2, 0) is 18.9 Å². The molecule has 0 aliphatic carbocycles. The lowest BCUT2D eigenvalue weighted by Gasteiger charge is -2.16. The Bertz CT molecular complexity index is 1220. The summed E-state index contributed by atoms with van der Waals surface area (Å²) in [6.45, 7) is 9.63. The van der Waals surface area contributed by atoms with Gasteiger partial charge in [-0.1, -0.05) is 52.0 Å². The van der Waals surface area contributed by atoms with Gasteiger partial charge in [-0.15, -0.1) is 0 Å². The second-order valence-electron chi connectivity index (χ2n) is 6.81. The summed E-state index contributed by atoms with van der Waals surface area (Å²) in [5.74, 6) is 1.16. The zero-order valence-electron chi connectivity index (χ0n) is 19.5. The number of alkyl halides is 6. The minimum Gasteiger partial charge on any atom is -0.460 e. The van der Waals surface area contributed by atoms with E-state index in [4.69, 9.17) is 4.42 Å². The molecule has 2 aromatic carbocycles. The first-order valence-corrected chi connectivity index (χ1v) is 10.8. The van der Waals surface area contributed by atoms with Gasteiger partial charge in [-0.25, -0.2) is 0 Å². The number of hydrogen-bond acceptors (Lipinski definition) is 2. The SMILES string of the molecule is CC.CC.Cc1ccc(-c2nn(Cc3ccc(C(F)(F)F)c(C(F)(F)F)c3)c3ccccc23)o1. The van der Waals surface area contributed by atoms with Crippen molar-refractivity contribution in [1.82, 2.24) is 9.78 Å². The topological polar surface area (TPSA) is 31.0 Å². The summed E-state index contributed by atoms with van der Waals surface area (Å²) < 4.78 is 85.8. The smallest absolute Gasteiger partial charge is 0.417 e. The Morgan fingerprint density at radius 1 is 0.794 bits per heavy atom. The molecule has 0 N–H and O–H groups in total. The Labute approximate surface area is 194 Å². The first-order valence-electron chi connectivity index (χ1n) is 10.8. The molecule has 0 spiro atoms. The first-order chi connectivity index (χ1) is 16.0. The molecule has 2 heterocycles. The number of nitrogens with zero attached hydrogens (tertiary/aromatic N) is 2. The summed E-state index contributed by atoms with van der Waals surface area (Å²) in [6, 6.07) is 12.6. The fraction of sp³-hybridized carbons (Fsp3) is 0.320. The van der Waals surface area contributed by atoms with Gasteiger partial charge in [0.25, 0.3) is 0 Å². The fourth-order valence-corrected chi connectivity index (χ4v) is 3.34. The van der Waals surface area contributed by atoms with Gasteiger partial charge in [0.05, 0.1) is 23.2 Å². The van der Waals surface area contributed by atoms with Gasteiger partial charge in [-0.2, -0.15) is 31.4 Å². The fourth-order valence-electron chi connectivity index (χ4n) is 3.34. The van der Waals surface area contributed by atoms with E-state index in [9.17, 15) is 26.3 Å². The van der Waals surface area contributed by atoms with Crippen LogP contribution >= 0.6 is 0 Å². The summed E-state index contributed by atoms with van der Waals surface area (Å²) in [5, 5.41) is 5.17. The van der Waals surface area contributed by atoms with Gasteiger partial charge >= 0.3 is 12.4 Å². The molecule has 9 heteroatoms. The van der Waals surface area contributed by atoms with Crippen molar-refractivity contribution < 1.29 is 30.8 Å². The van der Waals surface area contributed by atoms with Crippen LogP contribution in [0.4, 0.5) is 26.3 Å². The standard InChI is InChI=1S/C21H14F6N2O.2C2H6/c1-12-6-9-18(30-12)19-14-4-2-3-5-17(14)29(28-19)11-13-7-8-15(20(22,23)24)16(10-13)21(25,26)27;2*1-2/h2-10H,11H2,1H3;2*1-2H3. The molecule has 0 radical (unpaired) electrons.